The molecule has 4 aliphatic carbocycles. The Labute approximate surface area is 135 Å². The third-order valence-corrected chi connectivity index (χ3v) is 9.32. The Hall–Kier alpha value is -0.660. The van der Waals surface area contributed by atoms with Crippen LogP contribution in [0.15, 0.2) is 10.2 Å². The maximum Gasteiger partial charge on any atom is 0.0473 e. The first-order chi connectivity index (χ1) is 10.1. The lowest BCUT2D eigenvalue weighted by Gasteiger charge is -2.35. The zero-order valence-corrected chi connectivity index (χ0v) is 15.3. The van der Waals surface area contributed by atoms with Crippen molar-refractivity contribution in [1.82, 2.24) is 0 Å². The molecule has 2 heteroatoms. The summed E-state index contributed by atoms with van der Waals surface area (Å²) in [5.41, 5.74) is 4.18. The van der Waals surface area contributed by atoms with Crippen molar-refractivity contribution in [3.05, 3.63) is 0 Å². The van der Waals surface area contributed by atoms with Crippen molar-refractivity contribution in [3.8, 4) is 0 Å². The topological polar surface area (TPSA) is 24.7 Å². The van der Waals surface area contributed by atoms with Crippen LogP contribution in [0.1, 0.15) is 80.1 Å². The van der Waals surface area contributed by atoms with E-state index in [1.807, 2.05) is 0 Å². The zero-order chi connectivity index (χ0) is 16.0. The molecule has 0 amide bonds. The van der Waals surface area contributed by atoms with E-state index in [4.69, 9.17) is 10.2 Å². The lowest BCUT2D eigenvalue weighted by Crippen LogP contribution is -2.33. The molecule has 0 saturated heterocycles. The third kappa shape index (κ3) is 1.48. The van der Waals surface area contributed by atoms with Crippen LogP contribution in [0.5, 0.6) is 0 Å². The molecule has 0 aliphatic heterocycles. The van der Waals surface area contributed by atoms with Crippen molar-refractivity contribution in [2.75, 3.05) is 0 Å². The molecule has 2 nitrogen and oxygen atoms in total. The summed E-state index contributed by atoms with van der Waals surface area (Å²) in [6, 6.07) is 0. The number of nitrogens with zero attached hydrogens (tertiary/aromatic N) is 2. The van der Waals surface area contributed by atoms with E-state index in [2.05, 4.69) is 41.5 Å². The molecule has 22 heavy (non-hydrogen) atoms. The minimum atomic E-state index is 0.287. The molecule has 0 N–H and O–H groups in total. The highest BCUT2D eigenvalue weighted by Gasteiger charge is 2.61. The highest BCUT2D eigenvalue weighted by molar-refractivity contribution is 5.97. The van der Waals surface area contributed by atoms with Crippen LogP contribution in [0.25, 0.3) is 0 Å². The molecule has 4 saturated carbocycles. The smallest absolute Gasteiger partial charge is 0.0473 e. The van der Waals surface area contributed by atoms with Crippen LogP contribution >= 0.6 is 0 Å². The average Bonchev–Trinajstić information content (AvgIpc) is 2.95. The van der Waals surface area contributed by atoms with E-state index in [0.717, 1.165) is 11.8 Å². The zero-order valence-electron chi connectivity index (χ0n) is 15.3. The van der Waals surface area contributed by atoms with Crippen LogP contribution in [0, 0.1) is 33.5 Å². The van der Waals surface area contributed by atoms with Crippen molar-refractivity contribution in [2.45, 2.75) is 80.1 Å². The first-order valence-electron chi connectivity index (χ1n) is 9.27. The van der Waals surface area contributed by atoms with Gasteiger partial charge in [-0.3, -0.25) is 0 Å². The molecule has 4 aliphatic rings. The van der Waals surface area contributed by atoms with Crippen LogP contribution in [0.4, 0.5) is 0 Å². The van der Waals surface area contributed by atoms with E-state index in [0.29, 0.717) is 10.8 Å². The Morgan fingerprint density at radius 3 is 1.27 bits per heavy atom. The lowest BCUT2D eigenvalue weighted by molar-refractivity contribution is 0.193. The van der Waals surface area contributed by atoms with Gasteiger partial charge in [0.15, 0.2) is 0 Å². The second kappa shape index (κ2) is 4.05. The van der Waals surface area contributed by atoms with Gasteiger partial charge in [0.25, 0.3) is 0 Å². The van der Waals surface area contributed by atoms with E-state index in [-0.39, 0.29) is 10.8 Å². The molecule has 0 aromatic carbocycles. The maximum absolute atomic E-state index is 4.89. The number of hydrogen-bond donors (Lipinski definition) is 0. The van der Waals surface area contributed by atoms with Gasteiger partial charge in [0, 0.05) is 22.3 Å². The summed E-state index contributed by atoms with van der Waals surface area (Å²) >= 11 is 0. The van der Waals surface area contributed by atoms with Gasteiger partial charge in [-0.25, -0.2) is 0 Å². The predicted octanol–water partition coefficient (Wildman–Crippen LogP) is 5.48. The lowest BCUT2D eigenvalue weighted by atomic mass is 9.70. The van der Waals surface area contributed by atoms with Crippen LogP contribution in [0.2, 0.25) is 0 Å². The normalized spacial score (nSPS) is 51.4. The highest BCUT2D eigenvalue weighted by atomic mass is 15.2. The highest BCUT2D eigenvalue weighted by Crippen LogP contribution is 2.65. The van der Waals surface area contributed by atoms with E-state index in [1.165, 1.54) is 49.9 Å². The summed E-state index contributed by atoms with van der Waals surface area (Å²) in [6.45, 7) is 14.7. The van der Waals surface area contributed by atoms with Crippen molar-refractivity contribution in [3.63, 3.8) is 0 Å². The Balaban J connectivity index is 1.67. The first-order valence-corrected chi connectivity index (χ1v) is 9.27. The van der Waals surface area contributed by atoms with Gasteiger partial charge in [-0.1, -0.05) is 41.5 Å². The van der Waals surface area contributed by atoms with Crippen LogP contribution in [0.3, 0.4) is 0 Å². The number of rotatable bonds is 1. The SMILES string of the molecule is CC1(C)[C@@H]2CC[C@@]1(C)/C(=N\N=C1\C[C@@H]3CC[C@]1(C)C3(C)C)C2. The Morgan fingerprint density at radius 2 is 1.05 bits per heavy atom. The molecule has 4 bridgehead atoms. The van der Waals surface area contributed by atoms with Gasteiger partial charge >= 0.3 is 0 Å². The minimum Gasteiger partial charge on any atom is -0.160 e. The molecule has 0 heterocycles. The largest absolute Gasteiger partial charge is 0.160 e. The third-order valence-electron chi connectivity index (χ3n) is 9.32. The molecule has 122 valence electrons. The molecular formula is C20H32N2. The van der Waals surface area contributed by atoms with E-state index in [1.54, 1.807) is 0 Å². The van der Waals surface area contributed by atoms with Gasteiger partial charge in [0.05, 0.1) is 0 Å². The Bertz CT molecular complexity index is 531. The summed E-state index contributed by atoms with van der Waals surface area (Å²) in [5.74, 6) is 1.65. The summed E-state index contributed by atoms with van der Waals surface area (Å²) < 4.78 is 0. The fourth-order valence-corrected chi connectivity index (χ4v) is 6.28. The van der Waals surface area contributed by atoms with E-state index in [9.17, 15) is 0 Å². The number of fused-ring (bicyclic) bond motifs is 4. The summed E-state index contributed by atoms with van der Waals surface area (Å²) in [4.78, 5) is 0. The van der Waals surface area contributed by atoms with Gasteiger partial charge in [0.1, 0.15) is 0 Å². The van der Waals surface area contributed by atoms with E-state index < -0.39 is 0 Å². The standard InChI is InChI=1S/C20H32N2/c1-17(2)13-7-9-19(17,5)15(11-13)21-22-16-12-14-8-10-20(16,6)18(14,3)4/h13-14H,7-12H2,1-6H3/b21-15-,22-16-/t13-,14+,19-,20-/m0/s1. The maximum atomic E-state index is 4.89. The average molecular weight is 300 g/mol. The molecular weight excluding hydrogens is 268 g/mol. The Morgan fingerprint density at radius 1 is 0.682 bits per heavy atom. The fourth-order valence-electron chi connectivity index (χ4n) is 6.28. The van der Waals surface area contributed by atoms with Gasteiger partial charge in [-0.2, -0.15) is 10.2 Å². The Kier molecular flexibility index (Phi) is 2.74. The van der Waals surface area contributed by atoms with Gasteiger partial charge < -0.3 is 0 Å². The monoisotopic (exact) mass is 300 g/mol. The molecule has 0 aromatic heterocycles. The first kappa shape index (κ1) is 14.9. The summed E-state index contributed by atoms with van der Waals surface area (Å²) in [7, 11) is 0. The van der Waals surface area contributed by atoms with Gasteiger partial charge in [-0.05, 0) is 61.2 Å². The minimum absolute atomic E-state index is 0.287. The van der Waals surface area contributed by atoms with Gasteiger partial charge in [-0.15, -0.1) is 0 Å². The molecule has 4 rings (SSSR count). The molecule has 0 radical (unpaired) electrons. The van der Waals surface area contributed by atoms with Crippen molar-refractivity contribution < 1.29 is 0 Å². The second-order valence-corrected chi connectivity index (χ2v) is 10.1. The second-order valence-electron chi connectivity index (χ2n) is 10.1. The summed E-state index contributed by atoms with van der Waals surface area (Å²) in [6.07, 6.45) is 7.74. The molecule has 0 unspecified atom stereocenters. The predicted molar refractivity (Wildman–Crippen MR) is 93.3 cm³/mol. The van der Waals surface area contributed by atoms with Crippen LogP contribution in [-0.2, 0) is 0 Å². The van der Waals surface area contributed by atoms with Crippen LogP contribution in [-0.4, -0.2) is 11.4 Å². The van der Waals surface area contributed by atoms with Crippen LogP contribution < -0.4 is 0 Å². The van der Waals surface area contributed by atoms with E-state index >= 15 is 0 Å². The molecule has 4 fully saturated rings. The molecule has 0 aromatic rings. The number of hydrogen-bond acceptors (Lipinski definition) is 2. The quantitative estimate of drug-likeness (QED) is 0.573. The van der Waals surface area contributed by atoms with Crippen molar-refractivity contribution in [1.29, 1.82) is 0 Å². The fraction of sp³-hybridized carbons (Fsp3) is 0.900. The van der Waals surface area contributed by atoms with Crippen molar-refractivity contribution >= 4 is 11.4 Å². The van der Waals surface area contributed by atoms with Gasteiger partial charge in [0.2, 0.25) is 0 Å². The van der Waals surface area contributed by atoms with Crippen molar-refractivity contribution in [2.24, 2.45) is 43.7 Å². The molecule has 0 spiro atoms. The summed E-state index contributed by atoms with van der Waals surface area (Å²) in [5, 5.41) is 9.78. The molecule has 4 atom stereocenters.